The lowest BCUT2D eigenvalue weighted by atomic mass is 10.1. The van der Waals surface area contributed by atoms with E-state index in [0.717, 1.165) is 11.2 Å². The van der Waals surface area contributed by atoms with E-state index in [0.29, 0.717) is 0 Å². The summed E-state index contributed by atoms with van der Waals surface area (Å²) in [5, 5.41) is 8.87. The van der Waals surface area contributed by atoms with E-state index in [1.54, 1.807) is 0 Å². The highest BCUT2D eigenvalue weighted by Crippen LogP contribution is 2.27. The minimum atomic E-state index is -3.62. The Labute approximate surface area is 123 Å². The van der Waals surface area contributed by atoms with E-state index in [9.17, 15) is 18.0 Å². The summed E-state index contributed by atoms with van der Waals surface area (Å²) in [7, 11) is -2.22. The fourth-order valence-electron chi connectivity index (χ4n) is 1.66. The lowest BCUT2D eigenvalue weighted by Gasteiger charge is -2.28. The van der Waals surface area contributed by atoms with E-state index in [1.807, 2.05) is 0 Å². The Kier molecular flexibility index (Phi) is 4.33. The molecule has 7 nitrogen and oxygen atoms in total. The monoisotopic (exact) mass is 314 g/mol. The van der Waals surface area contributed by atoms with Crippen LogP contribution in [0.15, 0.2) is 18.2 Å². The third kappa shape index (κ3) is 3.15. The van der Waals surface area contributed by atoms with Gasteiger partial charge in [0, 0.05) is 13.3 Å². The van der Waals surface area contributed by atoms with Crippen LogP contribution in [0.3, 0.4) is 0 Å². The SMILES string of the molecule is CN(C(=O)C(C)(C)S(C)(=O)=O)c1ccc(C(=O)O)cc1N. The highest BCUT2D eigenvalue weighted by atomic mass is 32.2. The molecule has 1 amide bonds. The first-order chi connectivity index (χ1) is 9.39. The van der Waals surface area contributed by atoms with Gasteiger partial charge in [0.1, 0.15) is 4.75 Å². The first-order valence-electron chi connectivity index (χ1n) is 6.00. The number of aromatic carboxylic acids is 1. The molecule has 0 aliphatic rings. The van der Waals surface area contributed by atoms with E-state index in [1.165, 1.54) is 39.1 Å². The van der Waals surface area contributed by atoms with E-state index in [-0.39, 0.29) is 16.9 Å². The molecule has 1 aromatic carbocycles. The van der Waals surface area contributed by atoms with E-state index in [4.69, 9.17) is 10.8 Å². The predicted molar refractivity (Wildman–Crippen MR) is 80.1 cm³/mol. The van der Waals surface area contributed by atoms with Gasteiger partial charge in [0.15, 0.2) is 9.84 Å². The summed E-state index contributed by atoms with van der Waals surface area (Å²) in [5.74, 6) is -1.79. The number of carbonyl (C=O) groups is 2. The third-order valence-electron chi connectivity index (χ3n) is 3.38. The van der Waals surface area contributed by atoms with Crippen molar-refractivity contribution in [2.75, 3.05) is 23.9 Å². The summed E-state index contributed by atoms with van der Waals surface area (Å²) in [6.45, 7) is 2.62. The number of carboxylic acids is 1. The van der Waals surface area contributed by atoms with Crippen molar-refractivity contribution in [2.24, 2.45) is 0 Å². The molecule has 0 aliphatic heterocycles. The van der Waals surface area contributed by atoms with Crippen LogP contribution < -0.4 is 10.6 Å². The van der Waals surface area contributed by atoms with Crippen LogP contribution in [0.2, 0.25) is 0 Å². The van der Waals surface area contributed by atoms with Crippen LogP contribution in [0.25, 0.3) is 0 Å². The number of hydrogen-bond donors (Lipinski definition) is 2. The van der Waals surface area contributed by atoms with Crippen LogP contribution in [0, 0.1) is 0 Å². The highest BCUT2D eigenvalue weighted by molar-refractivity contribution is 7.92. The standard InChI is InChI=1S/C13H18N2O5S/c1-13(2,21(4,19)20)12(18)15(3)10-6-5-8(11(16)17)7-9(10)14/h5-7H,14H2,1-4H3,(H,16,17). The van der Waals surface area contributed by atoms with E-state index in [2.05, 4.69) is 0 Å². The van der Waals surface area contributed by atoms with Crippen molar-refractivity contribution in [3.8, 4) is 0 Å². The maximum absolute atomic E-state index is 12.4. The van der Waals surface area contributed by atoms with Crippen molar-refractivity contribution in [3.63, 3.8) is 0 Å². The summed E-state index contributed by atoms with van der Waals surface area (Å²) >= 11 is 0. The number of nitrogens with two attached hydrogens (primary N) is 1. The quantitative estimate of drug-likeness (QED) is 0.792. The zero-order valence-electron chi connectivity index (χ0n) is 12.2. The summed E-state index contributed by atoms with van der Waals surface area (Å²) in [6.07, 6.45) is 0.982. The van der Waals surface area contributed by atoms with Gasteiger partial charge in [0.25, 0.3) is 0 Å². The number of sulfone groups is 1. The molecule has 8 heteroatoms. The van der Waals surface area contributed by atoms with Crippen LogP contribution in [-0.2, 0) is 14.6 Å². The summed E-state index contributed by atoms with van der Waals surface area (Å²) in [5.41, 5.74) is 6.06. The number of nitrogens with zero attached hydrogens (tertiary/aromatic N) is 1. The lowest BCUT2D eigenvalue weighted by molar-refractivity contribution is -0.120. The summed E-state index contributed by atoms with van der Waals surface area (Å²) in [6, 6.07) is 3.88. The predicted octanol–water partition coefficient (Wildman–Crippen LogP) is 0.753. The number of carbonyl (C=O) groups excluding carboxylic acids is 1. The van der Waals surface area contributed by atoms with Crippen LogP contribution in [0.5, 0.6) is 0 Å². The minimum absolute atomic E-state index is 0.0144. The molecule has 0 fully saturated rings. The second kappa shape index (κ2) is 5.36. The van der Waals surface area contributed by atoms with Crippen molar-refractivity contribution in [1.29, 1.82) is 0 Å². The maximum Gasteiger partial charge on any atom is 0.335 e. The second-order valence-corrected chi connectivity index (χ2v) is 7.79. The van der Waals surface area contributed by atoms with Gasteiger partial charge in [-0.05, 0) is 32.0 Å². The van der Waals surface area contributed by atoms with Gasteiger partial charge in [-0.25, -0.2) is 13.2 Å². The number of carboxylic acid groups (broad SMARTS) is 1. The molecule has 0 heterocycles. The largest absolute Gasteiger partial charge is 0.478 e. The second-order valence-electron chi connectivity index (χ2n) is 5.23. The molecule has 0 saturated heterocycles. The number of rotatable bonds is 4. The first kappa shape index (κ1) is 17.0. The van der Waals surface area contributed by atoms with E-state index < -0.39 is 26.5 Å². The number of anilines is 2. The molecule has 1 aromatic rings. The third-order valence-corrected chi connectivity index (χ3v) is 5.41. The van der Waals surface area contributed by atoms with Crippen molar-refractivity contribution < 1.29 is 23.1 Å². The summed E-state index contributed by atoms with van der Waals surface area (Å²) < 4.78 is 21.8. The van der Waals surface area contributed by atoms with Gasteiger partial charge in [0.05, 0.1) is 16.9 Å². The Morgan fingerprint density at radius 3 is 2.19 bits per heavy atom. The van der Waals surface area contributed by atoms with Crippen LogP contribution >= 0.6 is 0 Å². The first-order valence-corrected chi connectivity index (χ1v) is 7.89. The molecule has 0 spiro atoms. The van der Waals surface area contributed by atoms with Gasteiger partial charge >= 0.3 is 5.97 Å². The molecule has 116 valence electrons. The zero-order valence-corrected chi connectivity index (χ0v) is 13.1. The number of amides is 1. The fraction of sp³-hybridized carbons (Fsp3) is 0.385. The normalized spacial score (nSPS) is 12.0. The molecule has 0 aliphatic carbocycles. The molecular formula is C13H18N2O5S. The Hall–Kier alpha value is -2.09. The van der Waals surface area contributed by atoms with Gasteiger partial charge in [-0.2, -0.15) is 0 Å². The molecule has 0 bridgehead atoms. The van der Waals surface area contributed by atoms with Gasteiger partial charge in [0.2, 0.25) is 5.91 Å². The van der Waals surface area contributed by atoms with Gasteiger partial charge < -0.3 is 15.7 Å². The van der Waals surface area contributed by atoms with Crippen molar-refractivity contribution in [1.82, 2.24) is 0 Å². The Balaban J connectivity index is 3.24. The zero-order chi connectivity index (χ0) is 16.6. The number of benzene rings is 1. The molecule has 0 aromatic heterocycles. The minimum Gasteiger partial charge on any atom is -0.478 e. The van der Waals surface area contributed by atoms with Crippen molar-refractivity contribution in [3.05, 3.63) is 23.8 Å². The molecule has 3 N–H and O–H groups in total. The topological polar surface area (TPSA) is 118 Å². The molecule has 0 saturated carbocycles. The smallest absolute Gasteiger partial charge is 0.335 e. The lowest BCUT2D eigenvalue weighted by Crippen LogP contribution is -2.48. The fourth-order valence-corrected chi connectivity index (χ4v) is 2.12. The highest BCUT2D eigenvalue weighted by Gasteiger charge is 2.41. The maximum atomic E-state index is 12.4. The summed E-state index contributed by atoms with van der Waals surface area (Å²) in [4.78, 5) is 24.3. The molecule has 0 unspecified atom stereocenters. The van der Waals surface area contributed by atoms with Crippen molar-refractivity contribution >= 4 is 33.1 Å². The average molecular weight is 314 g/mol. The molecular weight excluding hydrogens is 296 g/mol. The van der Waals surface area contributed by atoms with Crippen LogP contribution in [0.1, 0.15) is 24.2 Å². The molecule has 1 rings (SSSR count). The molecule has 0 atom stereocenters. The Morgan fingerprint density at radius 1 is 1.29 bits per heavy atom. The Bertz CT molecular complexity index is 695. The van der Waals surface area contributed by atoms with Crippen LogP contribution in [0.4, 0.5) is 11.4 Å². The van der Waals surface area contributed by atoms with E-state index >= 15 is 0 Å². The molecule has 0 radical (unpaired) electrons. The van der Waals surface area contributed by atoms with Crippen LogP contribution in [-0.4, -0.2) is 43.5 Å². The van der Waals surface area contributed by atoms with Gasteiger partial charge in [-0.1, -0.05) is 0 Å². The van der Waals surface area contributed by atoms with Crippen molar-refractivity contribution in [2.45, 2.75) is 18.6 Å². The van der Waals surface area contributed by atoms with Gasteiger partial charge in [-0.15, -0.1) is 0 Å². The number of hydrogen-bond acceptors (Lipinski definition) is 5. The number of nitrogen functional groups attached to an aromatic ring is 1. The Morgan fingerprint density at radius 2 is 1.81 bits per heavy atom. The van der Waals surface area contributed by atoms with Gasteiger partial charge in [-0.3, -0.25) is 4.79 Å². The average Bonchev–Trinajstić information content (AvgIpc) is 2.35. The molecule has 21 heavy (non-hydrogen) atoms.